The molecule has 0 atom stereocenters. The minimum Gasteiger partial charge on any atom is -0.467 e. The maximum absolute atomic E-state index is 5.36. The molecule has 0 aliphatic rings. The maximum Gasteiger partial charge on any atom is 0.324 e. The van der Waals surface area contributed by atoms with E-state index in [4.69, 9.17) is 15.2 Å². The number of nitrogens with two attached hydrogens (primary N) is 1. The van der Waals surface area contributed by atoms with E-state index in [-0.39, 0.29) is 18.0 Å². The highest BCUT2D eigenvalue weighted by molar-refractivity contribution is 5.20. The van der Waals surface area contributed by atoms with E-state index < -0.39 is 0 Å². The van der Waals surface area contributed by atoms with Crippen molar-refractivity contribution in [2.75, 3.05) is 19.5 Å². The number of hydrogen-bond acceptors (Lipinski definition) is 6. The van der Waals surface area contributed by atoms with E-state index in [2.05, 4.69) is 21.5 Å². The molecule has 0 fully saturated rings. The van der Waals surface area contributed by atoms with Crippen LogP contribution in [0.25, 0.3) is 0 Å². The Morgan fingerprint density at radius 1 is 1.38 bits per heavy atom. The molecule has 0 saturated carbocycles. The Bertz CT molecular complexity index is 303. The Morgan fingerprint density at radius 3 is 2.69 bits per heavy atom. The number of nitrogen functional groups attached to an aromatic ring is 1. The lowest BCUT2D eigenvalue weighted by atomic mass is 10.7. The fourth-order valence-electron chi connectivity index (χ4n) is 0.642. The minimum atomic E-state index is 0.0610. The summed E-state index contributed by atoms with van der Waals surface area (Å²) in [5, 5.41) is 0. The van der Waals surface area contributed by atoms with Crippen molar-refractivity contribution in [3.8, 4) is 12.0 Å². The van der Waals surface area contributed by atoms with Crippen LogP contribution in [0.2, 0.25) is 0 Å². The fraction of sp³-hybridized carbons (Fsp3) is 0.286. The van der Waals surface area contributed by atoms with Gasteiger partial charge >= 0.3 is 12.0 Å². The van der Waals surface area contributed by atoms with Crippen molar-refractivity contribution in [1.29, 1.82) is 0 Å². The summed E-state index contributed by atoms with van der Waals surface area (Å²) in [6.45, 7) is 3.79. The second kappa shape index (κ2) is 4.24. The maximum atomic E-state index is 5.36. The lowest BCUT2D eigenvalue weighted by Crippen LogP contribution is -2.05. The fourth-order valence-corrected chi connectivity index (χ4v) is 0.642. The second-order valence-electron chi connectivity index (χ2n) is 2.06. The quantitative estimate of drug-likeness (QED) is 0.661. The molecule has 2 N–H and O–H groups in total. The van der Waals surface area contributed by atoms with E-state index in [0.717, 1.165) is 0 Å². The molecular weight excluding hydrogens is 172 g/mol. The molecule has 1 aromatic rings. The molecule has 0 radical (unpaired) electrons. The van der Waals surface area contributed by atoms with Crippen molar-refractivity contribution in [1.82, 2.24) is 15.0 Å². The SMILES string of the molecule is C=CCOc1nc(N)nc(OC)n1. The number of methoxy groups -OCH3 is 1. The molecule has 0 spiro atoms. The number of aromatic nitrogens is 3. The van der Waals surface area contributed by atoms with Crippen molar-refractivity contribution in [2.45, 2.75) is 0 Å². The predicted molar refractivity (Wildman–Crippen MR) is 46.5 cm³/mol. The highest BCUT2D eigenvalue weighted by Gasteiger charge is 2.03. The van der Waals surface area contributed by atoms with Gasteiger partial charge in [-0.05, 0) is 0 Å². The van der Waals surface area contributed by atoms with Crippen LogP contribution < -0.4 is 15.2 Å². The van der Waals surface area contributed by atoms with Crippen LogP contribution in [0.5, 0.6) is 12.0 Å². The van der Waals surface area contributed by atoms with Gasteiger partial charge in [0.05, 0.1) is 7.11 Å². The van der Waals surface area contributed by atoms with E-state index in [1.54, 1.807) is 6.08 Å². The second-order valence-corrected chi connectivity index (χ2v) is 2.06. The molecule has 1 aromatic heterocycles. The lowest BCUT2D eigenvalue weighted by molar-refractivity contribution is 0.314. The number of rotatable bonds is 4. The zero-order valence-corrected chi connectivity index (χ0v) is 7.23. The summed E-state index contributed by atoms with van der Waals surface area (Å²) in [5.41, 5.74) is 5.36. The molecule has 0 unspecified atom stereocenters. The smallest absolute Gasteiger partial charge is 0.324 e. The first-order valence-electron chi connectivity index (χ1n) is 3.55. The van der Waals surface area contributed by atoms with Crippen LogP contribution in [0.15, 0.2) is 12.7 Å². The van der Waals surface area contributed by atoms with Gasteiger partial charge in [-0.1, -0.05) is 12.7 Å². The third-order valence-electron chi connectivity index (χ3n) is 1.12. The van der Waals surface area contributed by atoms with Gasteiger partial charge in [-0.15, -0.1) is 4.98 Å². The van der Waals surface area contributed by atoms with Crippen LogP contribution >= 0.6 is 0 Å². The molecule has 13 heavy (non-hydrogen) atoms. The van der Waals surface area contributed by atoms with E-state index in [0.29, 0.717) is 6.61 Å². The van der Waals surface area contributed by atoms with Gasteiger partial charge in [0.1, 0.15) is 6.61 Å². The first-order valence-corrected chi connectivity index (χ1v) is 3.55. The summed E-state index contributed by atoms with van der Waals surface area (Å²) in [5.74, 6) is 0.0610. The van der Waals surface area contributed by atoms with Gasteiger partial charge < -0.3 is 15.2 Å². The number of nitrogens with zero attached hydrogens (tertiary/aromatic N) is 3. The Morgan fingerprint density at radius 2 is 2.08 bits per heavy atom. The number of anilines is 1. The molecule has 0 amide bonds. The van der Waals surface area contributed by atoms with Gasteiger partial charge in [0, 0.05) is 0 Å². The highest BCUT2D eigenvalue weighted by atomic mass is 16.5. The summed E-state index contributed by atoms with van der Waals surface area (Å²) in [4.78, 5) is 11.2. The number of ether oxygens (including phenoxy) is 2. The Hall–Kier alpha value is -1.85. The average molecular weight is 182 g/mol. The molecule has 0 aliphatic heterocycles. The van der Waals surface area contributed by atoms with Gasteiger partial charge in [0.25, 0.3) is 0 Å². The van der Waals surface area contributed by atoms with Crippen LogP contribution in [0.3, 0.4) is 0 Å². The summed E-state index contributed by atoms with van der Waals surface area (Å²) in [7, 11) is 1.44. The molecule has 6 heteroatoms. The predicted octanol–water partition coefficient (Wildman–Crippen LogP) is 0.0272. The Balaban J connectivity index is 2.81. The van der Waals surface area contributed by atoms with Crippen LogP contribution in [-0.2, 0) is 0 Å². The lowest BCUT2D eigenvalue weighted by Gasteiger charge is -2.02. The van der Waals surface area contributed by atoms with E-state index >= 15 is 0 Å². The molecule has 0 aromatic carbocycles. The summed E-state index contributed by atoms with van der Waals surface area (Å²) < 4.78 is 9.81. The molecule has 1 heterocycles. The largest absolute Gasteiger partial charge is 0.467 e. The minimum absolute atomic E-state index is 0.0610. The monoisotopic (exact) mass is 182 g/mol. The van der Waals surface area contributed by atoms with Crippen molar-refractivity contribution < 1.29 is 9.47 Å². The standard InChI is InChI=1S/C7H10N4O2/c1-3-4-13-7-10-5(8)9-6(11-7)12-2/h3H,1,4H2,2H3,(H2,8,9,10,11). The van der Waals surface area contributed by atoms with Gasteiger partial charge in [-0.2, -0.15) is 9.97 Å². The third-order valence-corrected chi connectivity index (χ3v) is 1.12. The van der Waals surface area contributed by atoms with E-state index in [9.17, 15) is 0 Å². The summed E-state index contributed by atoms with van der Waals surface area (Å²) in [6, 6.07) is 0.260. The van der Waals surface area contributed by atoms with Crippen molar-refractivity contribution >= 4 is 5.95 Å². The van der Waals surface area contributed by atoms with Crippen LogP contribution in [0.1, 0.15) is 0 Å². The number of hydrogen-bond donors (Lipinski definition) is 1. The normalized spacial score (nSPS) is 9.31. The van der Waals surface area contributed by atoms with Crippen molar-refractivity contribution in [2.24, 2.45) is 0 Å². The summed E-state index contributed by atoms with van der Waals surface area (Å²) >= 11 is 0. The molecule has 0 aliphatic carbocycles. The van der Waals surface area contributed by atoms with Gasteiger partial charge in [0.15, 0.2) is 0 Å². The van der Waals surface area contributed by atoms with Crippen molar-refractivity contribution in [3.63, 3.8) is 0 Å². The van der Waals surface area contributed by atoms with Crippen LogP contribution in [-0.4, -0.2) is 28.7 Å². The molecule has 0 bridgehead atoms. The summed E-state index contributed by atoms with van der Waals surface area (Å²) in [6.07, 6.45) is 1.58. The topological polar surface area (TPSA) is 83.2 Å². The highest BCUT2D eigenvalue weighted by Crippen LogP contribution is 2.09. The van der Waals surface area contributed by atoms with Crippen LogP contribution in [0, 0.1) is 0 Å². The first kappa shape index (κ1) is 9.24. The third kappa shape index (κ3) is 2.58. The Labute approximate surface area is 75.4 Å². The average Bonchev–Trinajstić information content (AvgIpc) is 2.14. The Kier molecular flexibility index (Phi) is 3.02. The molecule has 1 rings (SSSR count). The molecular formula is C7H10N4O2. The molecule has 70 valence electrons. The zero-order valence-electron chi connectivity index (χ0n) is 7.23. The first-order chi connectivity index (χ1) is 6.26. The van der Waals surface area contributed by atoms with E-state index in [1.807, 2.05) is 0 Å². The van der Waals surface area contributed by atoms with Crippen molar-refractivity contribution in [3.05, 3.63) is 12.7 Å². The van der Waals surface area contributed by atoms with Gasteiger partial charge in [-0.3, -0.25) is 0 Å². The van der Waals surface area contributed by atoms with Crippen LogP contribution in [0.4, 0.5) is 5.95 Å². The van der Waals surface area contributed by atoms with E-state index in [1.165, 1.54) is 7.11 Å². The zero-order chi connectivity index (χ0) is 9.68. The van der Waals surface area contributed by atoms with Gasteiger partial charge in [0.2, 0.25) is 5.95 Å². The molecule has 0 saturated heterocycles. The van der Waals surface area contributed by atoms with Gasteiger partial charge in [-0.25, -0.2) is 0 Å². The molecule has 6 nitrogen and oxygen atoms in total.